The van der Waals surface area contributed by atoms with Gasteiger partial charge < -0.3 is 4.98 Å². The van der Waals surface area contributed by atoms with Crippen molar-refractivity contribution in [3.05, 3.63) is 52.1 Å². The zero-order chi connectivity index (χ0) is 14.8. The summed E-state index contributed by atoms with van der Waals surface area (Å²) >= 11 is 1.77. The van der Waals surface area contributed by atoms with Crippen molar-refractivity contribution in [1.82, 2.24) is 9.97 Å². The van der Waals surface area contributed by atoms with E-state index in [1.54, 1.807) is 11.8 Å². The molecule has 1 aromatic carbocycles. The van der Waals surface area contributed by atoms with E-state index in [1.807, 2.05) is 37.3 Å². The van der Waals surface area contributed by atoms with Crippen LogP contribution in [0.1, 0.15) is 32.2 Å². The molecule has 0 bridgehead atoms. The number of H-pyrrole nitrogens is 1. The Morgan fingerprint density at radius 3 is 2.45 bits per heavy atom. The van der Waals surface area contributed by atoms with E-state index in [4.69, 9.17) is 0 Å². The molecule has 0 aliphatic carbocycles. The van der Waals surface area contributed by atoms with Gasteiger partial charge in [0.05, 0.1) is 11.4 Å². The smallest absolute Gasteiger partial charge is 0.254 e. The molecule has 3 nitrogen and oxygen atoms in total. The van der Waals surface area contributed by atoms with Crippen LogP contribution in [-0.2, 0) is 5.75 Å². The van der Waals surface area contributed by atoms with Crippen molar-refractivity contribution in [1.29, 1.82) is 0 Å². The molecule has 0 radical (unpaired) electrons. The predicted molar refractivity (Wildman–Crippen MR) is 86.1 cm³/mol. The summed E-state index contributed by atoms with van der Waals surface area (Å²) in [6.07, 6.45) is 0. The first-order valence-electron chi connectivity index (χ1n) is 6.66. The molecule has 1 heterocycles. The number of hydrogen-bond donors (Lipinski definition) is 1. The lowest BCUT2D eigenvalue weighted by atomic mass is 10.1. The molecular weight excluding hydrogens is 268 g/mol. The third-order valence-electron chi connectivity index (χ3n) is 2.89. The van der Waals surface area contributed by atoms with E-state index in [1.165, 1.54) is 0 Å². The number of nitrogens with one attached hydrogen (secondary N) is 1. The summed E-state index contributed by atoms with van der Waals surface area (Å²) in [5.74, 6) is 1.44. The highest BCUT2D eigenvalue weighted by atomic mass is 32.2. The Morgan fingerprint density at radius 2 is 1.85 bits per heavy atom. The van der Waals surface area contributed by atoms with E-state index in [0.717, 1.165) is 17.1 Å². The molecule has 2 rings (SSSR count). The maximum Gasteiger partial charge on any atom is 0.254 e. The largest absolute Gasteiger partial charge is 0.310 e. The summed E-state index contributed by atoms with van der Waals surface area (Å²) in [6, 6.07) is 9.84. The van der Waals surface area contributed by atoms with Crippen LogP contribution >= 0.6 is 11.8 Å². The van der Waals surface area contributed by atoms with Crippen LogP contribution in [0.15, 0.2) is 35.1 Å². The van der Waals surface area contributed by atoms with Gasteiger partial charge in [0.25, 0.3) is 5.56 Å². The summed E-state index contributed by atoms with van der Waals surface area (Å²) in [6.45, 7) is 8.28. The maximum atomic E-state index is 12.1. The number of nitrogens with zero attached hydrogens (tertiary/aromatic N) is 1. The van der Waals surface area contributed by atoms with Crippen LogP contribution in [0.2, 0.25) is 0 Å². The van der Waals surface area contributed by atoms with Crippen LogP contribution in [0.3, 0.4) is 0 Å². The third-order valence-corrected chi connectivity index (χ3v) is 4.17. The summed E-state index contributed by atoms with van der Waals surface area (Å²) < 4.78 is 0.149. The fourth-order valence-electron chi connectivity index (χ4n) is 1.81. The second kappa shape index (κ2) is 5.83. The molecule has 1 N–H and O–H groups in total. The Kier molecular flexibility index (Phi) is 4.33. The molecule has 20 heavy (non-hydrogen) atoms. The van der Waals surface area contributed by atoms with E-state index in [9.17, 15) is 4.79 Å². The molecular formula is C16H20N2OS. The second-order valence-electron chi connectivity index (χ2n) is 5.75. The summed E-state index contributed by atoms with van der Waals surface area (Å²) in [5, 5.41) is 0. The van der Waals surface area contributed by atoms with Gasteiger partial charge in [0.2, 0.25) is 0 Å². The molecule has 2 aromatic rings. The van der Waals surface area contributed by atoms with Crippen molar-refractivity contribution >= 4 is 11.8 Å². The first-order valence-corrected chi connectivity index (χ1v) is 7.64. The Labute approximate surface area is 123 Å². The quantitative estimate of drug-likeness (QED) is 0.935. The van der Waals surface area contributed by atoms with E-state index in [-0.39, 0.29) is 10.3 Å². The lowest BCUT2D eigenvalue weighted by Crippen LogP contribution is -2.17. The van der Waals surface area contributed by atoms with Crippen molar-refractivity contribution in [3.8, 4) is 11.3 Å². The van der Waals surface area contributed by atoms with E-state index < -0.39 is 0 Å². The van der Waals surface area contributed by atoms with Gasteiger partial charge in [0.15, 0.2) is 0 Å². The van der Waals surface area contributed by atoms with E-state index in [2.05, 4.69) is 30.7 Å². The van der Waals surface area contributed by atoms with Gasteiger partial charge >= 0.3 is 0 Å². The Hall–Kier alpha value is -1.55. The average molecular weight is 288 g/mol. The summed E-state index contributed by atoms with van der Waals surface area (Å²) in [5.41, 5.74) is 2.38. The Balaban J connectivity index is 2.38. The van der Waals surface area contributed by atoms with Crippen LogP contribution in [-0.4, -0.2) is 14.7 Å². The number of hydrogen-bond acceptors (Lipinski definition) is 3. The lowest BCUT2D eigenvalue weighted by molar-refractivity contribution is 0.799. The van der Waals surface area contributed by atoms with Gasteiger partial charge in [-0.25, -0.2) is 4.98 Å². The minimum Gasteiger partial charge on any atom is -0.310 e. The SMILES string of the molecule is Cc1c(-c2ccccc2)nc(CSC(C)(C)C)[nH]c1=O. The van der Waals surface area contributed by atoms with Crippen LogP contribution in [0.5, 0.6) is 0 Å². The molecule has 0 saturated carbocycles. The zero-order valence-corrected chi connectivity index (χ0v) is 13.2. The molecule has 4 heteroatoms. The molecule has 0 amide bonds. The van der Waals surface area contributed by atoms with Gasteiger partial charge in [-0.15, -0.1) is 11.8 Å². The summed E-state index contributed by atoms with van der Waals surface area (Å²) in [7, 11) is 0. The Bertz CT molecular complexity index is 642. The first kappa shape index (κ1) is 14.9. The van der Waals surface area contributed by atoms with E-state index >= 15 is 0 Å². The average Bonchev–Trinajstić information content (AvgIpc) is 2.40. The molecule has 0 atom stereocenters. The van der Waals surface area contributed by atoms with Gasteiger partial charge in [-0.3, -0.25) is 4.79 Å². The normalized spacial score (nSPS) is 11.6. The highest BCUT2D eigenvalue weighted by molar-refractivity contribution is 7.99. The van der Waals surface area contributed by atoms with Crippen LogP contribution in [0, 0.1) is 6.92 Å². The monoisotopic (exact) mass is 288 g/mol. The first-order chi connectivity index (χ1) is 9.37. The fraction of sp³-hybridized carbons (Fsp3) is 0.375. The van der Waals surface area contributed by atoms with Crippen molar-refractivity contribution in [2.24, 2.45) is 0 Å². The number of benzene rings is 1. The van der Waals surface area contributed by atoms with Crippen molar-refractivity contribution in [3.63, 3.8) is 0 Å². The van der Waals surface area contributed by atoms with Crippen LogP contribution in [0.4, 0.5) is 0 Å². The predicted octanol–water partition coefficient (Wildman–Crippen LogP) is 3.78. The topological polar surface area (TPSA) is 45.8 Å². The highest BCUT2D eigenvalue weighted by Gasteiger charge is 2.14. The maximum absolute atomic E-state index is 12.1. The van der Waals surface area contributed by atoms with Gasteiger partial charge in [-0.05, 0) is 6.92 Å². The molecule has 1 aromatic heterocycles. The zero-order valence-electron chi connectivity index (χ0n) is 12.4. The van der Waals surface area contributed by atoms with Crippen molar-refractivity contribution in [2.75, 3.05) is 0 Å². The highest BCUT2D eigenvalue weighted by Crippen LogP contribution is 2.26. The van der Waals surface area contributed by atoms with Crippen LogP contribution in [0.25, 0.3) is 11.3 Å². The number of rotatable bonds is 3. The van der Waals surface area contributed by atoms with Gasteiger partial charge in [0, 0.05) is 15.9 Å². The van der Waals surface area contributed by atoms with E-state index in [0.29, 0.717) is 11.3 Å². The minimum atomic E-state index is -0.0524. The standard InChI is InChI=1S/C16H20N2OS/c1-11-14(12-8-6-5-7-9-12)17-13(18-15(11)19)10-20-16(2,3)4/h5-9H,10H2,1-4H3,(H,17,18,19). The molecule has 0 fully saturated rings. The molecule has 0 unspecified atom stereocenters. The number of aromatic amines is 1. The molecule has 0 aliphatic heterocycles. The molecule has 0 aliphatic rings. The molecule has 0 spiro atoms. The van der Waals surface area contributed by atoms with Crippen molar-refractivity contribution < 1.29 is 0 Å². The second-order valence-corrected chi connectivity index (χ2v) is 7.56. The van der Waals surface area contributed by atoms with Gasteiger partial charge in [-0.1, -0.05) is 51.1 Å². The van der Waals surface area contributed by atoms with Gasteiger partial charge in [0.1, 0.15) is 5.82 Å². The Morgan fingerprint density at radius 1 is 1.20 bits per heavy atom. The minimum absolute atomic E-state index is 0.0524. The summed E-state index contributed by atoms with van der Waals surface area (Å²) in [4.78, 5) is 19.6. The number of aromatic nitrogens is 2. The number of thioether (sulfide) groups is 1. The molecule has 0 saturated heterocycles. The third kappa shape index (κ3) is 3.73. The lowest BCUT2D eigenvalue weighted by Gasteiger charge is -2.17. The molecule has 106 valence electrons. The van der Waals surface area contributed by atoms with Gasteiger partial charge in [-0.2, -0.15) is 0 Å². The van der Waals surface area contributed by atoms with Crippen LogP contribution < -0.4 is 5.56 Å². The fourth-order valence-corrected chi connectivity index (χ4v) is 2.52. The van der Waals surface area contributed by atoms with Crippen molar-refractivity contribution in [2.45, 2.75) is 38.2 Å².